The van der Waals surface area contributed by atoms with E-state index >= 15 is 0 Å². The monoisotopic (exact) mass is 470 g/mol. The van der Waals surface area contributed by atoms with E-state index in [1.54, 1.807) is 0 Å². The molecule has 0 aromatic heterocycles. The first kappa shape index (κ1) is 27.1. The maximum atomic E-state index is 10.5. The van der Waals surface area contributed by atoms with Gasteiger partial charge >= 0.3 is 0 Å². The highest BCUT2D eigenvalue weighted by atomic mass is 16.3. The molecule has 1 nitrogen and oxygen atoms in total. The Balaban J connectivity index is 1.57. The number of hydrogen-bond acceptors (Lipinski definition) is 1. The summed E-state index contributed by atoms with van der Waals surface area (Å²) < 4.78 is 0. The number of hydrogen-bond donors (Lipinski definition) is 1. The van der Waals surface area contributed by atoms with Crippen molar-refractivity contribution in [3.8, 4) is 5.75 Å². The van der Waals surface area contributed by atoms with Crippen LogP contribution in [0.3, 0.4) is 0 Å². The zero-order valence-corrected chi connectivity index (χ0v) is 23.3. The molecule has 0 fully saturated rings. The summed E-state index contributed by atoms with van der Waals surface area (Å²) in [6.07, 6.45) is 5.38. The first-order valence-corrected chi connectivity index (χ1v) is 13.3. The minimum atomic E-state index is -0.0601. The Morgan fingerprint density at radius 3 is 1.69 bits per heavy atom. The summed E-state index contributed by atoms with van der Waals surface area (Å²) in [5.74, 6) is 1.15. The fraction of sp³-hybridized carbons (Fsp3) is 0.471. The number of aryl methyl sites for hydroxylation is 3. The average Bonchev–Trinajstić information content (AvgIpc) is 2.74. The van der Waals surface area contributed by atoms with Gasteiger partial charge in [-0.2, -0.15) is 0 Å². The van der Waals surface area contributed by atoms with Crippen molar-refractivity contribution in [2.24, 2.45) is 11.3 Å². The molecule has 0 radical (unpaired) electrons. The molecule has 0 bridgehead atoms. The number of aromatic hydroxyl groups is 1. The molecule has 35 heavy (non-hydrogen) atoms. The van der Waals surface area contributed by atoms with Crippen molar-refractivity contribution in [2.75, 3.05) is 0 Å². The van der Waals surface area contributed by atoms with Crippen LogP contribution in [-0.2, 0) is 31.1 Å². The van der Waals surface area contributed by atoms with Crippen LogP contribution in [0.25, 0.3) is 0 Å². The largest absolute Gasteiger partial charge is 0.507 e. The van der Waals surface area contributed by atoms with Gasteiger partial charge in [-0.1, -0.05) is 109 Å². The molecule has 0 amide bonds. The molecule has 3 aromatic rings. The number of rotatable bonds is 8. The topological polar surface area (TPSA) is 20.2 Å². The highest BCUT2D eigenvalue weighted by molar-refractivity contribution is 5.46. The van der Waals surface area contributed by atoms with Gasteiger partial charge in [-0.3, -0.25) is 0 Å². The summed E-state index contributed by atoms with van der Waals surface area (Å²) in [6.45, 7) is 17.8. The normalized spacial score (nSPS) is 13.1. The minimum absolute atomic E-state index is 0.0601. The molecular weight excluding hydrogens is 424 g/mol. The zero-order valence-electron chi connectivity index (χ0n) is 23.3. The molecule has 1 N–H and O–H groups in total. The van der Waals surface area contributed by atoms with E-state index in [1.807, 2.05) is 6.92 Å². The molecule has 0 aliphatic rings. The van der Waals surface area contributed by atoms with Crippen molar-refractivity contribution < 1.29 is 5.11 Å². The Kier molecular flexibility index (Phi) is 8.52. The zero-order chi connectivity index (χ0) is 25.8. The molecule has 0 heterocycles. The molecule has 0 saturated heterocycles. The predicted octanol–water partition coefficient (Wildman–Crippen LogP) is 8.99. The molecule has 0 spiro atoms. The molecular formula is C34H46O. The van der Waals surface area contributed by atoms with Gasteiger partial charge in [-0.25, -0.2) is 0 Å². The Bertz CT molecular complexity index is 1090. The minimum Gasteiger partial charge on any atom is -0.507 e. The smallest absolute Gasteiger partial charge is 0.122 e. The molecule has 188 valence electrons. The van der Waals surface area contributed by atoms with Crippen molar-refractivity contribution in [2.45, 2.75) is 92.9 Å². The van der Waals surface area contributed by atoms with E-state index < -0.39 is 0 Å². The van der Waals surface area contributed by atoms with Crippen molar-refractivity contribution in [1.82, 2.24) is 0 Å². The lowest BCUT2D eigenvalue weighted by Gasteiger charge is -2.23. The van der Waals surface area contributed by atoms with Gasteiger partial charge in [-0.15, -0.1) is 0 Å². The summed E-state index contributed by atoms with van der Waals surface area (Å²) in [4.78, 5) is 0. The second kappa shape index (κ2) is 11.0. The average molecular weight is 471 g/mol. The number of benzene rings is 3. The SMILES string of the molecule is Cc1cc(CCc2ccc(Cc3ccc(CC(C)CC(C)(C)C)cc3)cc2)cc(C(C)(C)C)c1O. The van der Waals surface area contributed by atoms with Gasteiger partial charge in [0.15, 0.2) is 0 Å². The summed E-state index contributed by atoms with van der Waals surface area (Å²) in [5, 5.41) is 10.5. The molecule has 1 unspecified atom stereocenters. The van der Waals surface area contributed by atoms with E-state index in [1.165, 1.54) is 34.2 Å². The van der Waals surface area contributed by atoms with E-state index in [4.69, 9.17) is 0 Å². The fourth-order valence-electron chi connectivity index (χ4n) is 5.23. The second-order valence-corrected chi connectivity index (χ2v) is 12.9. The lowest BCUT2D eigenvalue weighted by Crippen LogP contribution is -2.12. The van der Waals surface area contributed by atoms with Crippen LogP contribution in [0.2, 0.25) is 0 Å². The number of phenols is 1. The number of phenolic OH excluding ortho intramolecular Hbond substituents is 1. The van der Waals surface area contributed by atoms with Crippen LogP contribution in [0.1, 0.15) is 93.8 Å². The van der Waals surface area contributed by atoms with Gasteiger partial charge in [0, 0.05) is 0 Å². The fourth-order valence-corrected chi connectivity index (χ4v) is 5.23. The lowest BCUT2D eigenvalue weighted by molar-refractivity contribution is 0.306. The maximum absolute atomic E-state index is 10.5. The van der Waals surface area contributed by atoms with Crippen LogP contribution in [0.4, 0.5) is 0 Å². The van der Waals surface area contributed by atoms with E-state index in [-0.39, 0.29) is 5.41 Å². The summed E-state index contributed by atoms with van der Waals surface area (Å²) in [5.41, 5.74) is 9.18. The van der Waals surface area contributed by atoms with Crippen LogP contribution >= 0.6 is 0 Å². The molecule has 3 aromatic carbocycles. The van der Waals surface area contributed by atoms with Gasteiger partial charge in [0.05, 0.1) is 0 Å². The second-order valence-electron chi connectivity index (χ2n) is 12.9. The Hall–Kier alpha value is -2.54. The van der Waals surface area contributed by atoms with Crippen LogP contribution in [0.15, 0.2) is 60.7 Å². The highest BCUT2D eigenvalue weighted by Gasteiger charge is 2.20. The van der Waals surface area contributed by atoms with Crippen molar-refractivity contribution in [1.29, 1.82) is 0 Å². The lowest BCUT2D eigenvalue weighted by atomic mass is 9.83. The van der Waals surface area contributed by atoms with E-state index in [0.717, 1.165) is 36.8 Å². The van der Waals surface area contributed by atoms with Gasteiger partial charge < -0.3 is 5.11 Å². The van der Waals surface area contributed by atoms with Crippen LogP contribution < -0.4 is 0 Å². The maximum Gasteiger partial charge on any atom is 0.122 e. The molecule has 0 saturated carbocycles. The van der Waals surface area contributed by atoms with Crippen molar-refractivity contribution in [3.63, 3.8) is 0 Å². The first-order chi connectivity index (χ1) is 16.3. The molecule has 0 aliphatic carbocycles. The third kappa shape index (κ3) is 8.27. The van der Waals surface area contributed by atoms with Crippen LogP contribution in [0.5, 0.6) is 5.75 Å². The van der Waals surface area contributed by atoms with Gasteiger partial charge in [0.25, 0.3) is 0 Å². The molecule has 1 heteroatoms. The van der Waals surface area contributed by atoms with Crippen LogP contribution in [0, 0.1) is 18.3 Å². The van der Waals surface area contributed by atoms with Crippen molar-refractivity contribution in [3.05, 3.63) is 99.6 Å². The van der Waals surface area contributed by atoms with E-state index in [0.29, 0.717) is 17.1 Å². The third-order valence-corrected chi connectivity index (χ3v) is 6.87. The molecule has 0 aliphatic heterocycles. The quantitative estimate of drug-likeness (QED) is 0.348. The Labute approximate surface area is 214 Å². The first-order valence-electron chi connectivity index (χ1n) is 13.3. The molecule has 1 atom stereocenters. The van der Waals surface area contributed by atoms with E-state index in [2.05, 4.69) is 109 Å². The summed E-state index contributed by atoms with van der Waals surface area (Å²) in [7, 11) is 0. The van der Waals surface area contributed by atoms with Gasteiger partial charge in [-0.05, 0) is 94.7 Å². The standard InChI is InChI=1S/C34H46O/c1-24(23-33(3,4)5)19-27-14-16-29(17-15-27)21-28-12-9-26(10-13-28)11-18-30-20-25(2)32(35)31(22-30)34(6,7)8/h9-10,12-17,20,22,24,35H,11,18-19,21,23H2,1-8H3. The van der Waals surface area contributed by atoms with Crippen LogP contribution in [-0.4, -0.2) is 5.11 Å². The molecule has 3 rings (SSSR count). The highest BCUT2D eigenvalue weighted by Crippen LogP contribution is 2.34. The van der Waals surface area contributed by atoms with Gasteiger partial charge in [0.2, 0.25) is 0 Å². The van der Waals surface area contributed by atoms with Gasteiger partial charge in [0.1, 0.15) is 5.75 Å². The van der Waals surface area contributed by atoms with E-state index in [9.17, 15) is 5.11 Å². The predicted molar refractivity (Wildman–Crippen MR) is 152 cm³/mol. The Morgan fingerprint density at radius 2 is 1.17 bits per heavy atom. The third-order valence-electron chi connectivity index (χ3n) is 6.87. The summed E-state index contributed by atoms with van der Waals surface area (Å²) >= 11 is 0. The summed E-state index contributed by atoms with van der Waals surface area (Å²) in [6, 6.07) is 22.6. The van der Waals surface area contributed by atoms with Crippen molar-refractivity contribution >= 4 is 0 Å². The Morgan fingerprint density at radius 1 is 0.686 bits per heavy atom.